The smallest absolute Gasteiger partial charge is 0.246 e. The normalized spacial score (nSPS) is 29.9. The molecule has 0 radical (unpaired) electrons. The maximum atomic E-state index is 14.5. The lowest BCUT2D eigenvalue weighted by atomic mass is 9.70. The number of benzene rings is 2. The molecule has 228 valence electrons. The summed E-state index contributed by atoms with van der Waals surface area (Å²) in [6, 6.07) is 14.6. The Kier molecular flexibility index (Phi) is 7.40. The van der Waals surface area contributed by atoms with Gasteiger partial charge in [0, 0.05) is 17.8 Å². The van der Waals surface area contributed by atoms with Gasteiger partial charge in [0.25, 0.3) is 0 Å². The predicted octanol–water partition coefficient (Wildman–Crippen LogP) is 5.02. The van der Waals surface area contributed by atoms with Crippen molar-refractivity contribution in [2.75, 3.05) is 12.0 Å². The number of fused-ring (bicyclic) bond motifs is 1. The van der Waals surface area contributed by atoms with Gasteiger partial charge in [-0.25, -0.2) is 0 Å². The highest BCUT2D eigenvalue weighted by Crippen LogP contribution is 2.60. The van der Waals surface area contributed by atoms with E-state index in [0.29, 0.717) is 18.2 Å². The Hall–Kier alpha value is -3.65. The summed E-state index contributed by atoms with van der Waals surface area (Å²) in [5.41, 5.74) is 0.0285. The minimum atomic E-state index is -1.26. The first-order valence-electron chi connectivity index (χ1n) is 15.5. The lowest BCUT2D eigenvalue weighted by molar-refractivity contribution is -0.134. The quantitative estimate of drug-likeness (QED) is 0.445. The van der Waals surface area contributed by atoms with Crippen LogP contribution in [0.1, 0.15) is 76.8 Å². The van der Waals surface area contributed by atoms with Crippen LogP contribution in [0.15, 0.2) is 60.7 Å². The van der Waals surface area contributed by atoms with Gasteiger partial charge in [-0.1, -0.05) is 55.7 Å². The van der Waals surface area contributed by atoms with Crippen LogP contribution in [0.4, 0.5) is 5.69 Å². The van der Waals surface area contributed by atoms with Gasteiger partial charge in [0.05, 0.1) is 24.5 Å². The Balaban J connectivity index is 1.32. The molecule has 5 unspecified atom stereocenters. The highest BCUT2D eigenvalue weighted by atomic mass is 16.5. The van der Waals surface area contributed by atoms with Gasteiger partial charge in [-0.3, -0.25) is 19.3 Å². The summed E-state index contributed by atoms with van der Waals surface area (Å²) in [5, 5.41) is 6.12. The number of methoxy groups -OCH3 is 1. The summed E-state index contributed by atoms with van der Waals surface area (Å²) in [5.74, 6) is -1.21. The Bertz CT molecular complexity index is 1420. The van der Waals surface area contributed by atoms with E-state index in [2.05, 4.69) is 22.8 Å². The summed E-state index contributed by atoms with van der Waals surface area (Å²) in [6.07, 6.45) is 9.82. The third-order valence-electron chi connectivity index (χ3n) is 9.60. The van der Waals surface area contributed by atoms with Crippen LogP contribution in [0.25, 0.3) is 0 Å². The molecule has 3 heterocycles. The van der Waals surface area contributed by atoms with Gasteiger partial charge in [-0.2, -0.15) is 0 Å². The number of ether oxygens (including phenoxy) is 2. The lowest BCUT2D eigenvalue weighted by Gasteiger charge is -2.35. The second-order valence-corrected chi connectivity index (χ2v) is 13.8. The average Bonchev–Trinajstić information content (AvgIpc) is 3.56. The van der Waals surface area contributed by atoms with Crippen molar-refractivity contribution in [1.29, 1.82) is 0 Å². The molecule has 1 spiro atoms. The number of rotatable bonds is 7. The number of amides is 3. The molecule has 8 heteroatoms. The predicted molar refractivity (Wildman–Crippen MR) is 165 cm³/mol. The van der Waals surface area contributed by atoms with E-state index in [1.54, 1.807) is 12.0 Å². The van der Waals surface area contributed by atoms with Gasteiger partial charge < -0.3 is 20.1 Å². The summed E-state index contributed by atoms with van der Waals surface area (Å²) >= 11 is 0. The highest BCUT2D eigenvalue weighted by molar-refractivity contribution is 6.10. The van der Waals surface area contributed by atoms with E-state index >= 15 is 0 Å². The Morgan fingerprint density at radius 3 is 2.28 bits per heavy atom. The number of hydrogen-bond donors (Lipinski definition) is 2. The number of nitrogens with one attached hydrogen (secondary N) is 2. The van der Waals surface area contributed by atoms with Gasteiger partial charge in [0.15, 0.2) is 0 Å². The van der Waals surface area contributed by atoms with E-state index in [1.807, 2.05) is 76.2 Å². The number of carbonyl (C=O) groups excluding carboxylic acids is 3. The molecule has 3 aliphatic heterocycles. The van der Waals surface area contributed by atoms with Crippen molar-refractivity contribution in [2.24, 2.45) is 11.8 Å². The van der Waals surface area contributed by atoms with Crippen molar-refractivity contribution < 1.29 is 23.9 Å². The third-order valence-corrected chi connectivity index (χ3v) is 9.60. The minimum absolute atomic E-state index is 0.267. The van der Waals surface area contributed by atoms with Crippen LogP contribution in [0, 0.1) is 11.8 Å². The molecule has 3 fully saturated rings. The van der Waals surface area contributed by atoms with Gasteiger partial charge in [0.1, 0.15) is 17.4 Å². The van der Waals surface area contributed by atoms with Crippen LogP contribution >= 0.6 is 0 Å². The molecule has 8 nitrogen and oxygen atoms in total. The molecule has 6 rings (SSSR count). The zero-order valence-electron chi connectivity index (χ0n) is 25.8. The van der Waals surface area contributed by atoms with E-state index < -0.39 is 34.6 Å². The molecule has 3 amide bonds. The zero-order chi connectivity index (χ0) is 30.6. The van der Waals surface area contributed by atoms with Crippen molar-refractivity contribution >= 4 is 23.4 Å². The van der Waals surface area contributed by atoms with Gasteiger partial charge in [-0.05, 0) is 81.8 Å². The first kappa shape index (κ1) is 29.4. The average molecular weight is 586 g/mol. The van der Waals surface area contributed by atoms with E-state index in [1.165, 1.54) is 37.7 Å². The molecule has 5 atom stereocenters. The summed E-state index contributed by atoms with van der Waals surface area (Å²) < 4.78 is 11.9. The second-order valence-electron chi connectivity index (χ2n) is 13.8. The van der Waals surface area contributed by atoms with Crippen LogP contribution in [0.5, 0.6) is 5.75 Å². The first-order chi connectivity index (χ1) is 20.5. The van der Waals surface area contributed by atoms with E-state index in [4.69, 9.17) is 9.47 Å². The monoisotopic (exact) mass is 585 g/mol. The van der Waals surface area contributed by atoms with Crippen molar-refractivity contribution in [3.63, 3.8) is 0 Å². The largest absolute Gasteiger partial charge is 0.497 e. The lowest BCUT2D eigenvalue weighted by Crippen LogP contribution is -2.58. The molecule has 1 saturated carbocycles. The molecule has 43 heavy (non-hydrogen) atoms. The molecular weight excluding hydrogens is 542 g/mol. The second kappa shape index (κ2) is 10.8. The molecule has 4 aliphatic rings. The fourth-order valence-corrected chi connectivity index (χ4v) is 7.64. The molecule has 2 aromatic rings. The molecular formula is C35H43N3O5. The number of carbonyl (C=O) groups is 3. The summed E-state index contributed by atoms with van der Waals surface area (Å²) in [4.78, 5) is 44.0. The molecule has 2 bridgehead atoms. The number of nitrogens with zero attached hydrogens (tertiary/aromatic N) is 1. The van der Waals surface area contributed by atoms with Crippen molar-refractivity contribution in [1.82, 2.24) is 10.6 Å². The van der Waals surface area contributed by atoms with Gasteiger partial charge >= 0.3 is 0 Å². The number of hydrogen-bond acceptors (Lipinski definition) is 5. The molecule has 2 aromatic carbocycles. The Morgan fingerprint density at radius 1 is 0.977 bits per heavy atom. The third kappa shape index (κ3) is 5.13. The van der Waals surface area contributed by atoms with Crippen LogP contribution in [-0.2, 0) is 25.7 Å². The fraction of sp³-hybridized carbons (Fsp3) is 0.514. The number of anilines is 1. The fourth-order valence-electron chi connectivity index (χ4n) is 7.64. The SMILES string of the molecule is COc1ccc(CNC(=O)C2C3C(=O)N(c4ccc(C5CCCCC5)cc4)C(C(=O)NC(C)(C)C)C34C=CC2(C)O4)cc1. The Labute approximate surface area is 254 Å². The molecule has 2 N–H and O–H groups in total. The molecule has 0 aromatic heterocycles. The van der Waals surface area contributed by atoms with Crippen molar-refractivity contribution in [3.8, 4) is 5.75 Å². The summed E-state index contributed by atoms with van der Waals surface area (Å²) in [7, 11) is 1.61. The van der Waals surface area contributed by atoms with Crippen molar-refractivity contribution in [3.05, 3.63) is 71.8 Å². The van der Waals surface area contributed by atoms with Gasteiger partial charge in [-0.15, -0.1) is 0 Å². The van der Waals surface area contributed by atoms with Crippen molar-refractivity contribution in [2.45, 2.75) is 95.0 Å². The maximum Gasteiger partial charge on any atom is 0.246 e. The molecule has 1 aliphatic carbocycles. The molecule has 2 saturated heterocycles. The van der Waals surface area contributed by atoms with Gasteiger partial charge in [0.2, 0.25) is 17.7 Å². The minimum Gasteiger partial charge on any atom is -0.497 e. The van der Waals surface area contributed by atoms with E-state index in [9.17, 15) is 14.4 Å². The topological polar surface area (TPSA) is 97.0 Å². The zero-order valence-corrected chi connectivity index (χ0v) is 25.8. The highest BCUT2D eigenvalue weighted by Gasteiger charge is 2.76. The Morgan fingerprint density at radius 2 is 1.65 bits per heavy atom. The maximum absolute atomic E-state index is 14.5. The van der Waals surface area contributed by atoms with E-state index in [0.717, 1.165) is 11.3 Å². The van der Waals surface area contributed by atoms with Crippen LogP contribution in [0.2, 0.25) is 0 Å². The standard InChI is InChI=1S/C35H43N3O5/c1-33(2,3)37-31(40)29-35-20-19-34(4,43-35)27(30(39)36-21-22-11-17-26(42-5)18-12-22)28(35)32(41)38(29)25-15-13-24(14-16-25)23-9-7-6-8-10-23/h11-20,23,27-29H,6-10,21H2,1-5H3,(H,36,39)(H,37,40). The van der Waals surface area contributed by atoms with Crippen LogP contribution in [-0.4, -0.2) is 47.6 Å². The first-order valence-corrected chi connectivity index (χ1v) is 15.5. The summed E-state index contributed by atoms with van der Waals surface area (Å²) in [6.45, 7) is 7.88. The van der Waals surface area contributed by atoms with E-state index in [-0.39, 0.29) is 17.7 Å². The van der Waals surface area contributed by atoms with Crippen LogP contribution in [0.3, 0.4) is 0 Å². The van der Waals surface area contributed by atoms with Crippen LogP contribution < -0.4 is 20.3 Å².